The molecule has 0 amide bonds. The molecule has 18 heavy (non-hydrogen) atoms. The lowest BCUT2D eigenvalue weighted by atomic mass is 10.2. The van der Waals surface area contributed by atoms with Gasteiger partial charge in [-0.1, -0.05) is 6.07 Å². The monoisotopic (exact) mass is 275 g/mol. The van der Waals surface area contributed by atoms with Gasteiger partial charge in [0.2, 0.25) is 10.0 Å². The third-order valence-electron chi connectivity index (χ3n) is 2.42. The summed E-state index contributed by atoms with van der Waals surface area (Å²) in [6, 6.07) is 3.90. The summed E-state index contributed by atoms with van der Waals surface area (Å²) in [5.41, 5.74) is 5.39. The molecule has 0 aromatic heterocycles. The number of rotatable bonds is 6. The van der Waals surface area contributed by atoms with E-state index in [9.17, 15) is 12.8 Å². The Morgan fingerprint density at radius 1 is 1.39 bits per heavy atom. The Morgan fingerprint density at radius 2 is 2.06 bits per heavy atom. The zero-order chi connectivity index (χ0) is 13.8. The van der Waals surface area contributed by atoms with E-state index in [4.69, 9.17) is 5.73 Å². The molecule has 0 aliphatic rings. The summed E-state index contributed by atoms with van der Waals surface area (Å²) in [4.78, 5) is 1.75. The SMILES string of the molecule is CN(C)CCNS(=O)(=O)c1cccc(F)c1CN. The summed E-state index contributed by atoms with van der Waals surface area (Å²) in [6.45, 7) is 0.666. The van der Waals surface area contributed by atoms with Crippen LogP contribution < -0.4 is 10.5 Å². The van der Waals surface area contributed by atoms with Gasteiger partial charge < -0.3 is 10.6 Å². The summed E-state index contributed by atoms with van der Waals surface area (Å²) < 4.78 is 39.9. The predicted molar refractivity (Wildman–Crippen MR) is 68.0 cm³/mol. The lowest BCUT2D eigenvalue weighted by Gasteiger charge is -2.13. The van der Waals surface area contributed by atoms with Gasteiger partial charge in [-0.15, -0.1) is 0 Å². The lowest BCUT2D eigenvalue weighted by Crippen LogP contribution is -2.32. The molecule has 0 saturated carbocycles. The van der Waals surface area contributed by atoms with E-state index in [-0.39, 0.29) is 23.5 Å². The van der Waals surface area contributed by atoms with Crippen LogP contribution in [-0.2, 0) is 16.6 Å². The van der Waals surface area contributed by atoms with Gasteiger partial charge in [0.05, 0.1) is 4.90 Å². The Morgan fingerprint density at radius 3 is 2.61 bits per heavy atom. The lowest BCUT2D eigenvalue weighted by molar-refractivity contribution is 0.412. The van der Waals surface area contributed by atoms with Crippen LogP contribution in [0, 0.1) is 5.82 Å². The smallest absolute Gasteiger partial charge is 0.241 e. The number of halogens is 1. The van der Waals surface area contributed by atoms with Crippen LogP contribution in [0.2, 0.25) is 0 Å². The number of nitrogens with one attached hydrogen (secondary N) is 1. The molecule has 0 radical (unpaired) electrons. The average Bonchev–Trinajstić information content (AvgIpc) is 2.27. The van der Waals surface area contributed by atoms with E-state index in [0.29, 0.717) is 6.54 Å². The molecular formula is C11H18FN3O2S. The molecule has 0 fully saturated rings. The van der Waals surface area contributed by atoms with Crippen molar-refractivity contribution in [3.05, 3.63) is 29.6 Å². The topological polar surface area (TPSA) is 75.4 Å². The van der Waals surface area contributed by atoms with E-state index in [1.165, 1.54) is 18.2 Å². The number of likely N-dealkylation sites (N-methyl/N-ethyl adjacent to an activating group) is 1. The van der Waals surface area contributed by atoms with Crippen LogP contribution in [-0.4, -0.2) is 40.5 Å². The Balaban J connectivity index is 2.95. The second kappa shape index (κ2) is 6.24. The first-order valence-corrected chi connectivity index (χ1v) is 6.98. The minimum absolute atomic E-state index is 0.00912. The van der Waals surface area contributed by atoms with E-state index in [2.05, 4.69) is 4.72 Å². The molecule has 0 aliphatic carbocycles. The summed E-state index contributed by atoms with van der Waals surface area (Å²) in [7, 11) is -0.0476. The Labute approximate surface area is 107 Å². The van der Waals surface area contributed by atoms with Crippen molar-refractivity contribution in [1.29, 1.82) is 0 Å². The van der Waals surface area contributed by atoms with E-state index in [0.717, 1.165) is 0 Å². The molecule has 0 spiro atoms. The second-order valence-electron chi connectivity index (χ2n) is 4.12. The molecule has 0 atom stereocenters. The summed E-state index contributed by atoms with van der Waals surface area (Å²) in [5.74, 6) is -0.604. The maximum atomic E-state index is 13.5. The van der Waals surface area contributed by atoms with Crippen molar-refractivity contribution in [3.8, 4) is 0 Å². The fraction of sp³-hybridized carbons (Fsp3) is 0.455. The molecule has 7 heteroatoms. The second-order valence-corrected chi connectivity index (χ2v) is 5.86. The van der Waals surface area contributed by atoms with Gasteiger partial charge in [-0.05, 0) is 26.2 Å². The van der Waals surface area contributed by atoms with Gasteiger partial charge in [0, 0.05) is 25.2 Å². The van der Waals surface area contributed by atoms with Crippen LogP contribution in [0.1, 0.15) is 5.56 Å². The van der Waals surface area contributed by atoms with Crippen LogP contribution >= 0.6 is 0 Å². The molecule has 0 unspecified atom stereocenters. The van der Waals surface area contributed by atoms with Crippen molar-refractivity contribution >= 4 is 10.0 Å². The maximum Gasteiger partial charge on any atom is 0.241 e. The van der Waals surface area contributed by atoms with Crippen molar-refractivity contribution in [2.45, 2.75) is 11.4 Å². The maximum absolute atomic E-state index is 13.5. The highest BCUT2D eigenvalue weighted by Gasteiger charge is 2.19. The molecule has 1 rings (SSSR count). The first-order chi connectivity index (χ1) is 8.38. The van der Waals surface area contributed by atoms with Crippen LogP contribution in [0.3, 0.4) is 0 Å². The first kappa shape index (κ1) is 15.0. The standard InChI is InChI=1S/C11H18FN3O2S/c1-15(2)7-6-14-18(16,17)11-5-3-4-10(12)9(11)8-13/h3-5,14H,6-8,13H2,1-2H3. The Bertz CT molecular complexity index is 503. The Kier molecular flexibility index (Phi) is 5.21. The van der Waals surface area contributed by atoms with Crippen molar-refractivity contribution in [1.82, 2.24) is 9.62 Å². The third-order valence-corrected chi connectivity index (χ3v) is 3.97. The molecule has 5 nitrogen and oxygen atoms in total. The fourth-order valence-corrected chi connectivity index (χ4v) is 2.75. The van der Waals surface area contributed by atoms with Gasteiger partial charge >= 0.3 is 0 Å². The number of nitrogens with two attached hydrogens (primary N) is 1. The highest BCUT2D eigenvalue weighted by molar-refractivity contribution is 7.89. The third kappa shape index (κ3) is 3.74. The average molecular weight is 275 g/mol. The van der Waals surface area contributed by atoms with Crippen LogP contribution in [0.25, 0.3) is 0 Å². The van der Waals surface area contributed by atoms with Gasteiger partial charge in [-0.2, -0.15) is 0 Å². The number of nitrogens with zero attached hydrogens (tertiary/aromatic N) is 1. The number of sulfonamides is 1. The Hall–Kier alpha value is -1.02. The normalized spacial score (nSPS) is 12.1. The number of benzene rings is 1. The van der Waals surface area contributed by atoms with Crippen molar-refractivity contribution in [2.75, 3.05) is 27.2 Å². The number of hydrogen-bond donors (Lipinski definition) is 2. The van der Waals surface area contributed by atoms with Gasteiger partial charge in [0.15, 0.2) is 0 Å². The molecule has 1 aromatic rings. The number of hydrogen-bond acceptors (Lipinski definition) is 4. The fourth-order valence-electron chi connectivity index (χ4n) is 1.47. The minimum atomic E-state index is -3.72. The molecule has 0 aliphatic heterocycles. The zero-order valence-electron chi connectivity index (χ0n) is 10.5. The quantitative estimate of drug-likeness (QED) is 0.773. The van der Waals surface area contributed by atoms with Crippen molar-refractivity contribution < 1.29 is 12.8 Å². The van der Waals surface area contributed by atoms with Gasteiger partial charge in [-0.3, -0.25) is 0 Å². The van der Waals surface area contributed by atoms with Crippen molar-refractivity contribution in [3.63, 3.8) is 0 Å². The highest BCUT2D eigenvalue weighted by atomic mass is 32.2. The van der Waals surface area contributed by atoms with Gasteiger partial charge in [0.1, 0.15) is 5.82 Å². The molecule has 1 aromatic carbocycles. The van der Waals surface area contributed by atoms with E-state index in [1.807, 2.05) is 19.0 Å². The minimum Gasteiger partial charge on any atom is -0.326 e. The van der Waals surface area contributed by atoms with Crippen LogP contribution in [0.15, 0.2) is 23.1 Å². The van der Waals surface area contributed by atoms with Crippen molar-refractivity contribution in [2.24, 2.45) is 5.73 Å². The predicted octanol–water partition coefficient (Wildman–Crippen LogP) is 0.124. The molecule has 3 N–H and O–H groups in total. The van der Waals surface area contributed by atoms with Crippen LogP contribution in [0.4, 0.5) is 4.39 Å². The van der Waals surface area contributed by atoms with Gasteiger partial charge in [-0.25, -0.2) is 17.5 Å². The molecule has 0 bridgehead atoms. The largest absolute Gasteiger partial charge is 0.326 e. The molecule has 102 valence electrons. The first-order valence-electron chi connectivity index (χ1n) is 5.50. The van der Waals surface area contributed by atoms with E-state index >= 15 is 0 Å². The van der Waals surface area contributed by atoms with Gasteiger partial charge in [0.25, 0.3) is 0 Å². The molecule has 0 saturated heterocycles. The van der Waals surface area contributed by atoms with E-state index < -0.39 is 15.8 Å². The summed E-state index contributed by atoms with van der Waals surface area (Å²) in [5, 5.41) is 0. The van der Waals surface area contributed by atoms with Crippen LogP contribution in [0.5, 0.6) is 0 Å². The summed E-state index contributed by atoms with van der Waals surface area (Å²) in [6.07, 6.45) is 0. The molecule has 0 heterocycles. The molecular weight excluding hydrogens is 257 g/mol. The summed E-state index contributed by atoms with van der Waals surface area (Å²) >= 11 is 0. The zero-order valence-corrected chi connectivity index (χ0v) is 11.3. The van der Waals surface area contributed by atoms with E-state index in [1.54, 1.807) is 0 Å². The highest BCUT2D eigenvalue weighted by Crippen LogP contribution is 2.17.